The van der Waals surface area contributed by atoms with Crippen LogP contribution in [0.3, 0.4) is 0 Å². The standard InChI is InChI=1S/C15H11BrO3/c16-15(10-4-2-1-3-5-10)9-19-13-8-11(17)6-7-12(13)14(15)18/h1-8,17H,9H2. The van der Waals surface area contributed by atoms with Gasteiger partial charge in [-0.15, -0.1) is 0 Å². The molecule has 4 heteroatoms. The monoisotopic (exact) mass is 318 g/mol. The van der Waals surface area contributed by atoms with Gasteiger partial charge in [0.2, 0.25) is 0 Å². The lowest BCUT2D eigenvalue weighted by Crippen LogP contribution is -2.39. The molecule has 0 fully saturated rings. The summed E-state index contributed by atoms with van der Waals surface area (Å²) >= 11 is 3.52. The average molecular weight is 319 g/mol. The SMILES string of the molecule is O=C1c2ccc(O)cc2OCC1(Br)c1ccccc1. The Morgan fingerprint density at radius 3 is 2.63 bits per heavy atom. The lowest BCUT2D eigenvalue weighted by molar-refractivity contribution is 0.0873. The maximum atomic E-state index is 12.6. The van der Waals surface area contributed by atoms with Crippen LogP contribution in [0, 0.1) is 0 Å². The molecule has 0 bridgehead atoms. The summed E-state index contributed by atoms with van der Waals surface area (Å²) in [7, 11) is 0. The fraction of sp³-hybridized carbons (Fsp3) is 0.133. The molecule has 0 saturated carbocycles. The number of ether oxygens (including phenoxy) is 1. The van der Waals surface area contributed by atoms with Crippen LogP contribution in [0.2, 0.25) is 0 Å². The van der Waals surface area contributed by atoms with Crippen molar-refractivity contribution in [2.45, 2.75) is 4.32 Å². The minimum Gasteiger partial charge on any atom is -0.508 e. The molecule has 0 saturated heterocycles. The first-order chi connectivity index (χ1) is 9.11. The molecule has 0 aliphatic carbocycles. The van der Waals surface area contributed by atoms with Gasteiger partial charge < -0.3 is 9.84 Å². The molecule has 1 aliphatic heterocycles. The van der Waals surface area contributed by atoms with Crippen LogP contribution in [0.1, 0.15) is 15.9 Å². The zero-order valence-electron chi connectivity index (χ0n) is 9.97. The summed E-state index contributed by atoms with van der Waals surface area (Å²) in [4.78, 5) is 12.6. The van der Waals surface area contributed by atoms with E-state index in [1.54, 1.807) is 6.07 Å². The molecule has 1 unspecified atom stereocenters. The summed E-state index contributed by atoms with van der Waals surface area (Å²) in [5.74, 6) is 0.462. The summed E-state index contributed by atoms with van der Waals surface area (Å²) in [5, 5.41) is 9.42. The number of carbonyl (C=O) groups is 1. The second kappa shape index (κ2) is 4.38. The maximum Gasteiger partial charge on any atom is 0.191 e. The zero-order chi connectivity index (χ0) is 13.5. The van der Waals surface area contributed by atoms with Crippen LogP contribution in [0.5, 0.6) is 11.5 Å². The molecule has 0 radical (unpaired) electrons. The number of rotatable bonds is 1. The number of benzene rings is 2. The van der Waals surface area contributed by atoms with Gasteiger partial charge in [-0.1, -0.05) is 46.3 Å². The van der Waals surface area contributed by atoms with E-state index in [0.717, 1.165) is 5.56 Å². The van der Waals surface area contributed by atoms with E-state index in [4.69, 9.17) is 4.74 Å². The normalized spacial score (nSPS) is 21.6. The molecule has 3 nitrogen and oxygen atoms in total. The van der Waals surface area contributed by atoms with Crippen molar-refractivity contribution in [1.29, 1.82) is 0 Å². The number of phenolic OH excluding ortho intramolecular Hbond substituents is 1. The van der Waals surface area contributed by atoms with Crippen molar-refractivity contribution in [3.05, 3.63) is 59.7 Å². The van der Waals surface area contributed by atoms with Crippen molar-refractivity contribution in [3.8, 4) is 11.5 Å². The second-order valence-corrected chi connectivity index (χ2v) is 5.82. The summed E-state index contributed by atoms with van der Waals surface area (Å²) < 4.78 is 4.75. The highest BCUT2D eigenvalue weighted by Crippen LogP contribution is 2.42. The highest BCUT2D eigenvalue weighted by Gasteiger charge is 2.43. The Kier molecular flexibility index (Phi) is 2.82. The zero-order valence-corrected chi connectivity index (χ0v) is 11.6. The molecule has 0 amide bonds. The Bertz CT molecular complexity index is 639. The summed E-state index contributed by atoms with van der Waals surface area (Å²) in [6, 6.07) is 14.0. The maximum absolute atomic E-state index is 12.6. The molecule has 1 N–H and O–H groups in total. The highest BCUT2D eigenvalue weighted by atomic mass is 79.9. The van der Waals surface area contributed by atoms with E-state index >= 15 is 0 Å². The van der Waals surface area contributed by atoms with Crippen molar-refractivity contribution in [1.82, 2.24) is 0 Å². The highest BCUT2D eigenvalue weighted by molar-refractivity contribution is 9.10. The van der Waals surface area contributed by atoms with Gasteiger partial charge in [-0.25, -0.2) is 0 Å². The Labute approximate surface area is 119 Å². The number of aromatic hydroxyl groups is 1. The number of hydrogen-bond acceptors (Lipinski definition) is 3. The van der Waals surface area contributed by atoms with Crippen LogP contribution < -0.4 is 4.74 Å². The van der Waals surface area contributed by atoms with Crippen LogP contribution >= 0.6 is 15.9 Å². The number of hydrogen-bond donors (Lipinski definition) is 1. The van der Waals surface area contributed by atoms with Crippen molar-refractivity contribution < 1.29 is 14.6 Å². The van der Waals surface area contributed by atoms with Crippen LogP contribution in [0.15, 0.2) is 48.5 Å². The van der Waals surface area contributed by atoms with E-state index in [-0.39, 0.29) is 18.1 Å². The number of Topliss-reactive ketones (excluding diaryl/α,β-unsaturated/α-hetero) is 1. The third-order valence-electron chi connectivity index (χ3n) is 3.23. The molecular weight excluding hydrogens is 308 g/mol. The Morgan fingerprint density at radius 1 is 1.16 bits per heavy atom. The average Bonchev–Trinajstić information content (AvgIpc) is 2.44. The van der Waals surface area contributed by atoms with E-state index in [0.29, 0.717) is 11.3 Å². The van der Waals surface area contributed by atoms with Gasteiger partial charge in [0, 0.05) is 6.07 Å². The van der Waals surface area contributed by atoms with E-state index < -0.39 is 4.32 Å². The second-order valence-electron chi connectivity index (χ2n) is 4.47. The Balaban J connectivity index is 2.09. The smallest absolute Gasteiger partial charge is 0.191 e. The first-order valence-electron chi connectivity index (χ1n) is 5.86. The van der Waals surface area contributed by atoms with Crippen LogP contribution in [0.25, 0.3) is 0 Å². The first-order valence-corrected chi connectivity index (χ1v) is 6.65. The van der Waals surface area contributed by atoms with E-state index in [1.807, 2.05) is 30.3 Å². The molecular formula is C15H11BrO3. The van der Waals surface area contributed by atoms with Gasteiger partial charge in [-0.3, -0.25) is 4.79 Å². The minimum atomic E-state index is -0.863. The van der Waals surface area contributed by atoms with E-state index in [2.05, 4.69) is 15.9 Å². The van der Waals surface area contributed by atoms with Crippen LogP contribution in [-0.4, -0.2) is 17.5 Å². The molecule has 96 valence electrons. The van der Waals surface area contributed by atoms with Crippen molar-refractivity contribution in [2.75, 3.05) is 6.61 Å². The topological polar surface area (TPSA) is 46.5 Å². The van der Waals surface area contributed by atoms with Gasteiger partial charge in [0.25, 0.3) is 0 Å². The van der Waals surface area contributed by atoms with Gasteiger partial charge in [-0.2, -0.15) is 0 Å². The molecule has 0 spiro atoms. The summed E-state index contributed by atoms with van der Waals surface area (Å²) in [6.45, 7) is 0.201. The molecule has 1 atom stereocenters. The van der Waals surface area contributed by atoms with Crippen LogP contribution in [-0.2, 0) is 4.32 Å². The first kappa shape index (κ1) is 12.2. The molecule has 2 aromatic rings. The molecule has 1 aliphatic rings. The number of fused-ring (bicyclic) bond motifs is 1. The van der Waals surface area contributed by atoms with Crippen molar-refractivity contribution in [2.24, 2.45) is 0 Å². The molecule has 0 aromatic heterocycles. The summed E-state index contributed by atoms with van der Waals surface area (Å²) in [5.41, 5.74) is 1.34. The lowest BCUT2D eigenvalue weighted by Gasteiger charge is -2.32. The van der Waals surface area contributed by atoms with Crippen LogP contribution in [0.4, 0.5) is 0 Å². The Hall–Kier alpha value is -1.81. The predicted molar refractivity (Wildman–Crippen MR) is 75.0 cm³/mol. The number of alkyl halides is 1. The fourth-order valence-electron chi connectivity index (χ4n) is 2.19. The number of phenols is 1. The number of carbonyl (C=O) groups excluding carboxylic acids is 1. The van der Waals surface area contributed by atoms with Gasteiger partial charge in [-0.05, 0) is 17.7 Å². The fourth-order valence-corrected chi connectivity index (χ4v) is 2.78. The van der Waals surface area contributed by atoms with Gasteiger partial charge >= 0.3 is 0 Å². The van der Waals surface area contributed by atoms with Crippen molar-refractivity contribution in [3.63, 3.8) is 0 Å². The molecule has 2 aromatic carbocycles. The van der Waals surface area contributed by atoms with Gasteiger partial charge in [0.05, 0.1) is 5.56 Å². The minimum absolute atomic E-state index is 0.0556. The lowest BCUT2D eigenvalue weighted by atomic mass is 9.89. The quantitative estimate of drug-likeness (QED) is 0.821. The molecule has 3 rings (SSSR count). The number of halogens is 1. The predicted octanol–water partition coefficient (Wildman–Crippen LogP) is 3.26. The largest absolute Gasteiger partial charge is 0.508 e. The van der Waals surface area contributed by atoms with Crippen molar-refractivity contribution >= 4 is 21.7 Å². The third kappa shape index (κ3) is 1.92. The third-order valence-corrected chi connectivity index (χ3v) is 4.27. The number of ketones is 1. The van der Waals surface area contributed by atoms with Gasteiger partial charge in [0.15, 0.2) is 5.78 Å². The Morgan fingerprint density at radius 2 is 1.89 bits per heavy atom. The molecule has 1 heterocycles. The van der Waals surface area contributed by atoms with Gasteiger partial charge in [0.1, 0.15) is 22.4 Å². The van der Waals surface area contributed by atoms with E-state index in [1.165, 1.54) is 12.1 Å². The van der Waals surface area contributed by atoms with E-state index in [9.17, 15) is 9.90 Å². The molecule has 19 heavy (non-hydrogen) atoms. The summed E-state index contributed by atoms with van der Waals surface area (Å²) in [6.07, 6.45) is 0.